The van der Waals surface area contributed by atoms with Gasteiger partial charge in [0.05, 0.1) is 11.6 Å². The Morgan fingerprint density at radius 2 is 2.27 bits per heavy atom. The van der Waals surface area contributed by atoms with Gasteiger partial charge in [0, 0.05) is 5.56 Å². The highest BCUT2D eigenvalue weighted by Crippen LogP contribution is 2.19. The van der Waals surface area contributed by atoms with Crippen LogP contribution >= 0.6 is 11.6 Å². The van der Waals surface area contributed by atoms with Crippen molar-refractivity contribution in [2.24, 2.45) is 0 Å². The summed E-state index contributed by atoms with van der Waals surface area (Å²) in [4.78, 5) is 21.6. The lowest BCUT2D eigenvalue weighted by atomic mass is 10.1. The van der Waals surface area contributed by atoms with E-state index in [0.29, 0.717) is 17.7 Å². The highest BCUT2D eigenvalue weighted by molar-refractivity contribution is 6.31. The number of ketones is 1. The summed E-state index contributed by atoms with van der Waals surface area (Å²) in [5.74, 6) is -0.556. The molecule has 80 valence electrons. The second kappa shape index (κ2) is 5.46. The number of alkyl halides is 2. The quantitative estimate of drug-likeness (QED) is 0.478. The van der Waals surface area contributed by atoms with Gasteiger partial charge in [0.2, 0.25) is 6.41 Å². The highest BCUT2D eigenvalue weighted by Gasteiger charge is 2.11. The van der Waals surface area contributed by atoms with Gasteiger partial charge in [0.25, 0.3) is 0 Å². The molecule has 0 aliphatic rings. The predicted molar refractivity (Wildman–Crippen MR) is 56.0 cm³/mol. The Morgan fingerprint density at radius 3 is 2.80 bits per heavy atom. The maximum Gasteiger partial charge on any atom is 0.211 e. The van der Waals surface area contributed by atoms with Crippen molar-refractivity contribution in [3.8, 4) is 0 Å². The molecule has 0 heterocycles. The van der Waals surface area contributed by atoms with Gasteiger partial charge in [0.15, 0.2) is 5.78 Å². The summed E-state index contributed by atoms with van der Waals surface area (Å²) in [5, 5.41) is 2.36. The van der Waals surface area contributed by atoms with E-state index in [9.17, 15) is 14.0 Å². The molecular weight excluding hydrogens is 221 g/mol. The number of anilines is 1. The van der Waals surface area contributed by atoms with E-state index in [1.807, 2.05) is 0 Å². The minimum Gasteiger partial charge on any atom is -0.328 e. The van der Waals surface area contributed by atoms with E-state index in [2.05, 4.69) is 5.32 Å². The monoisotopic (exact) mass is 229 g/mol. The molecule has 0 saturated heterocycles. The lowest BCUT2D eigenvalue weighted by Crippen LogP contribution is -2.07. The fourth-order valence-corrected chi connectivity index (χ4v) is 1.31. The Labute approximate surface area is 91.2 Å². The number of nitrogens with one attached hydrogen (secondary N) is 1. The third-order valence-electron chi connectivity index (χ3n) is 1.87. The van der Waals surface area contributed by atoms with Crippen LogP contribution < -0.4 is 5.32 Å². The van der Waals surface area contributed by atoms with Crippen LogP contribution in [0.15, 0.2) is 18.2 Å². The molecule has 3 nitrogen and oxygen atoms in total. The van der Waals surface area contributed by atoms with Crippen LogP contribution in [0.4, 0.5) is 10.1 Å². The van der Waals surface area contributed by atoms with Crippen molar-refractivity contribution in [1.29, 1.82) is 0 Å². The van der Waals surface area contributed by atoms with Gasteiger partial charge in [-0.1, -0.05) is 6.07 Å². The smallest absolute Gasteiger partial charge is 0.211 e. The lowest BCUT2D eigenvalue weighted by molar-refractivity contribution is -0.105. The van der Waals surface area contributed by atoms with E-state index in [1.165, 1.54) is 18.2 Å². The van der Waals surface area contributed by atoms with Gasteiger partial charge in [0.1, 0.15) is 6.67 Å². The van der Waals surface area contributed by atoms with E-state index in [-0.39, 0.29) is 17.2 Å². The summed E-state index contributed by atoms with van der Waals surface area (Å²) in [6.07, 6.45) is 0.454. The van der Waals surface area contributed by atoms with E-state index < -0.39 is 6.67 Å². The van der Waals surface area contributed by atoms with Crippen LogP contribution in [0, 0.1) is 0 Å². The van der Waals surface area contributed by atoms with Crippen molar-refractivity contribution in [3.05, 3.63) is 29.3 Å². The van der Waals surface area contributed by atoms with Crippen LogP contribution in [0.25, 0.3) is 0 Å². The number of halogens is 2. The molecule has 0 aliphatic heterocycles. The van der Waals surface area contributed by atoms with E-state index in [0.717, 1.165) is 0 Å². The number of carbonyl (C=O) groups is 2. The number of hydrogen-bond donors (Lipinski definition) is 1. The Hall–Kier alpha value is -1.42. The van der Waals surface area contributed by atoms with Crippen molar-refractivity contribution < 1.29 is 14.0 Å². The molecule has 0 aromatic heterocycles. The molecule has 0 aliphatic carbocycles. The van der Waals surface area contributed by atoms with Gasteiger partial charge in [-0.3, -0.25) is 9.59 Å². The number of carbonyl (C=O) groups excluding carboxylic acids is 2. The largest absolute Gasteiger partial charge is 0.328 e. The summed E-state index contributed by atoms with van der Waals surface area (Å²) in [5.41, 5.74) is 0.944. The molecule has 5 heteroatoms. The van der Waals surface area contributed by atoms with Gasteiger partial charge in [-0.2, -0.15) is 0 Å². The molecule has 0 radical (unpaired) electrons. The van der Waals surface area contributed by atoms with Gasteiger partial charge in [-0.05, 0) is 17.7 Å². The van der Waals surface area contributed by atoms with Crippen LogP contribution in [-0.2, 0) is 11.5 Å². The van der Waals surface area contributed by atoms with Crippen LogP contribution in [-0.4, -0.2) is 18.1 Å². The molecule has 0 atom stereocenters. The molecular formula is C10H9ClFNO2. The summed E-state index contributed by atoms with van der Waals surface area (Å²) in [7, 11) is 0. The van der Waals surface area contributed by atoms with E-state index >= 15 is 0 Å². The number of benzene rings is 1. The maximum absolute atomic E-state index is 12.4. The minimum atomic E-state index is -0.663. The molecule has 1 N–H and O–H groups in total. The first-order chi connectivity index (χ1) is 7.22. The van der Waals surface area contributed by atoms with Crippen molar-refractivity contribution >= 4 is 29.5 Å². The normalized spacial score (nSPS) is 9.73. The van der Waals surface area contributed by atoms with Crippen molar-refractivity contribution in [2.45, 2.75) is 6.67 Å². The fraction of sp³-hybridized carbons (Fsp3) is 0.200. The molecule has 1 amide bonds. The predicted octanol–water partition coefficient (Wildman–Crippen LogP) is 2.15. The Balaban J connectivity index is 3.15. The van der Waals surface area contributed by atoms with Crippen LogP contribution in [0.5, 0.6) is 0 Å². The topological polar surface area (TPSA) is 46.2 Å². The molecule has 0 bridgehead atoms. The van der Waals surface area contributed by atoms with Crippen LogP contribution in [0.3, 0.4) is 0 Å². The third kappa shape index (κ3) is 2.76. The standard InChI is InChI=1S/C10H9ClFNO2/c11-4-10(15)8-3-7(5-12)1-2-9(8)13-6-14/h1-3,6H,4-5H2,(H,13,14). The van der Waals surface area contributed by atoms with Gasteiger partial charge < -0.3 is 5.32 Å². The highest BCUT2D eigenvalue weighted by atomic mass is 35.5. The zero-order chi connectivity index (χ0) is 11.3. The first kappa shape index (κ1) is 11.7. The molecule has 1 aromatic carbocycles. The van der Waals surface area contributed by atoms with Crippen LogP contribution in [0.2, 0.25) is 0 Å². The summed E-state index contributed by atoms with van der Waals surface area (Å²) in [6, 6.07) is 4.36. The SMILES string of the molecule is O=CNc1ccc(CF)cc1C(=O)CCl. The lowest BCUT2D eigenvalue weighted by Gasteiger charge is -2.07. The average molecular weight is 230 g/mol. The fourth-order valence-electron chi connectivity index (χ4n) is 1.17. The van der Waals surface area contributed by atoms with E-state index in [1.54, 1.807) is 0 Å². The van der Waals surface area contributed by atoms with Crippen molar-refractivity contribution in [1.82, 2.24) is 0 Å². The second-order valence-corrected chi connectivity index (χ2v) is 3.10. The average Bonchev–Trinajstić information content (AvgIpc) is 2.29. The molecule has 15 heavy (non-hydrogen) atoms. The minimum absolute atomic E-state index is 0.205. The van der Waals surface area contributed by atoms with Gasteiger partial charge in [-0.25, -0.2) is 4.39 Å². The second-order valence-electron chi connectivity index (χ2n) is 2.83. The van der Waals surface area contributed by atoms with Gasteiger partial charge >= 0.3 is 0 Å². The van der Waals surface area contributed by atoms with Crippen molar-refractivity contribution in [3.63, 3.8) is 0 Å². The van der Waals surface area contributed by atoms with Crippen LogP contribution in [0.1, 0.15) is 15.9 Å². The number of hydrogen-bond acceptors (Lipinski definition) is 2. The Kier molecular flexibility index (Phi) is 4.24. The number of Topliss-reactive ketones (excluding diaryl/α,β-unsaturated/α-hetero) is 1. The zero-order valence-electron chi connectivity index (χ0n) is 7.80. The number of rotatable bonds is 5. The maximum atomic E-state index is 12.4. The first-order valence-corrected chi connectivity index (χ1v) is 4.74. The summed E-state index contributed by atoms with van der Waals surface area (Å²) >= 11 is 5.39. The number of amides is 1. The molecule has 0 saturated carbocycles. The molecule has 0 fully saturated rings. The zero-order valence-corrected chi connectivity index (χ0v) is 8.55. The van der Waals surface area contributed by atoms with Crippen molar-refractivity contribution in [2.75, 3.05) is 11.2 Å². The Morgan fingerprint density at radius 1 is 1.53 bits per heavy atom. The van der Waals surface area contributed by atoms with Gasteiger partial charge in [-0.15, -0.1) is 11.6 Å². The third-order valence-corrected chi connectivity index (χ3v) is 2.12. The summed E-state index contributed by atoms with van der Waals surface area (Å²) < 4.78 is 12.4. The molecule has 1 rings (SSSR count). The molecule has 1 aromatic rings. The first-order valence-electron chi connectivity index (χ1n) is 4.21. The molecule has 0 spiro atoms. The Bertz CT molecular complexity index is 382. The molecule has 0 unspecified atom stereocenters. The summed E-state index contributed by atoms with van der Waals surface area (Å²) in [6.45, 7) is -0.663. The van der Waals surface area contributed by atoms with E-state index in [4.69, 9.17) is 11.6 Å².